The van der Waals surface area contributed by atoms with E-state index in [2.05, 4.69) is 20.3 Å². The molecule has 1 aromatic rings. The lowest BCUT2D eigenvalue weighted by Gasteiger charge is -2.18. The molecule has 0 bridgehead atoms. The number of aliphatic imine (C=N–C) groups is 1. The average molecular weight is 342 g/mol. The van der Waals surface area contributed by atoms with Crippen molar-refractivity contribution in [3.8, 4) is 5.75 Å². The topological polar surface area (TPSA) is 91.8 Å². The number of guanidine groups is 1. The Morgan fingerprint density at radius 2 is 1.96 bits per heavy atom. The highest BCUT2D eigenvalue weighted by Gasteiger charge is 2.07. The molecule has 1 atom stereocenters. The molecule has 7 nitrogen and oxygen atoms in total. The highest BCUT2D eigenvalue weighted by atomic mass is 32.2. The fourth-order valence-corrected chi connectivity index (χ4v) is 2.30. The Hall–Kier alpha value is -1.80. The van der Waals surface area contributed by atoms with Crippen molar-refractivity contribution in [3.05, 3.63) is 29.8 Å². The van der Waals surface area contributed by atoms with Crippen LogP contribution in [0.25, 0.3) is 0 Å². The number of hydrogen-bond donors (Lipinski definition) is 3. The zero-order valence-electron chi connectivity index (χ0n) is 14.1. The maximum absolute atomic E-state index is 11.0. The van der Waals surface area contributed by atoms with E-state index in [4.69, 9.17) is 4.74 Å². The predicted molar refractivity (Wildman–Crippen MR) is 93.5 cm³/mol. The summed E-state index contributed by atoms with van der Waals surface area (Å²) in [6.07, 6.45) is 1.09. The molecule has 23 heavy (non-hydrogen) atoms. The van der Waals surface area contributed by atoms with Gasteiger partial charge in [-0.05, 0) is 25.5 Å². The lowest BCUT2D eigenvalue weighted by atomic mass is 10.2. The SMILES string of the molecule is CN=C(NCCNS(C)(=O)=O)NCC(C)Oc1ccccc1C. The van der Waals surface area contributed by atoms with Crippen molar-refractivity contribution < 1.29 is 13.2 Å². The monoisotopic (exact) mass is 342 g/mol. The molecule has 0 aliphatic carbocycles. The van der Waals surface area contributed by atoms with Crippen LogP contribution in [-0.4, -0.2) is 53.4 Å². The van der Waals surface area contributed by atoms with E-state index in [0.717, 1.165) is 17.6 Å². The van der Waals surface area contributed by atoms with Crippen molar-refractivity contribution in [2.75, 3.05) is 32.9 Å². The molecule has 130 valence electrons. The second-order valence-electron chi connectivity index (χ2n) is 5.24. The zero-order chi connectivity index (χ0) is 17.3. The first-order chi connectivity index (χ1) is 10.8. The molecule has 0 aliphatic rings. The van der Waals surface area contributed by atoms with Gasteiger partial charge in [-0.1, -0.05) is 18.2 Å². The van der Waals surface area contributed by atoms with Gasteiger partial charge in [-0.25, -0.2) is 13.1 Å². The van der Waals surface area contributed by atoms with Crippen molar-refractivity contribution in [3.63, 3.8) is 0 Å². The second-order valence-corrected chi connectivity index (χ2v) is 7.07. The van der Waals surface area contributed by atoms with Gasteiger partial charge < -0.3 is 15.4 Å². The van der Waals surface area contributed by atoms with Crippen molar-refractivity contribution >= 4 is 16.0 Å². The lowest BCUT2D eigenvalue weighted by Crippen LogP contribution is -2.44. The van der Waals surface area contributed by atoms with E-state index in [0.29, 0.717) is 25.6 Å². The summed E-state index contributed by atoms with van der Waals surface area (Å²) in [6.45, 7) is 5.30. The molecule has 1 rings (SSSR count). The Labute approximate surface area is 138 Å². The molecular formula is C15H26N4O3S. The van der Waals surface area contributed by atoms with Crippen LogP contribution in [-0.2, 0) is 10.0 Å². The second kappa shape index (κ2) is 9.36. The van der Waals surface area contributed by atoms with E-state index in [1.165, 1.54) is 0 Å². The van der Waals surface area contributed by atoms with E-state index in [1.807, 2.05) is 38.1 Å². The quantitative estimate of drug-likeness (QED) is 0.363. The van der Waals surface area contributed by atoms with Gasteiger partial charge in [0.15, 0.2) is 5.96 Å². The number of nitrogens with zero attached hydrogens (tertiary/aromatic N) is 1. The maximum Gasteiger partial charge on any atom is 0.208 e. The number of rotatable bonds is 8. The number of para-hydroxylation sites is 1. The summed E-state index contributed by atoms with van der Waals surface area (Å²) in [6, 6.07) is 7.86. The standard InChI is InChI=1S/C15H26N4O3S/c1-12-7-5-6-8-14(12)22-13(2)11-18-15(16-3)17-9-10-19-23(4,20)21/h5-8,13,19H,9-11H2,1-4H3,(H2,16,17,18). The van der Waals surface area contributed by atoms with Crippen LogP contribution in [0.5, 0.6) is 5.75 Å². The number of aryl methyl sites for hydroxylation is 1. The van der Waals surface area contributed by atoms with Gasteiger partial charge in [0.05, 0.1) is 12.8 Å². The van der Waals surface area contributed by atoms with Gasteiger partial charge in [-0.3, -0.25) is 4.99 Å². The van der Waals surface area contributed by atoms with E-state index in [-0.39, 0.29) is 6.10 Å². The summed E-state index contributed by atoms with van der Waals surface area (Å²) in [4.78, 5) is 4.08. The Morgan fingerprint density at radius 1 is 1.26 bits per heavy atom. The summed E-state index contributed by atoms with van der Waals surface area (Å²) in [5.74, 6) is 1.46. The molecule has 0 saturated carbocycles. The maximum atomic E-state index is 11.0. The lowest BCUT2D eigenvalue weighted by molar-refractivity contribution is 0.222. The first kappa shape index (κ1) is 19.2. The molecule has 0 saturated heterocycles. The third-order valence-corrected chi connectivity index (χ3v) is 3.71. The molecule has 1 unspecified atom stereocenters. The van der Waals surface area contributed by atoms with E-state index in [1.54, 1.807) is 7.05 Å². The summed E-state index contributed by atoms with van der Waals surface area (Å²) in [5.41, 5.74) is 1.09. The smallest absolute Gasteiger partial charge is 0.208 e. The molecule has 8 heteroatoms. The molecule has 3 N–H and O–H groups in total. The van der Waals surface area contributed by atoms with Gasteiger partial charge in [0.25, 0.3) is 0 Å². The van der Waals surface area contributed by atoms with Crippen molar-refractivity contribution in [1.29, 1.82) is 0 Å². The van der Waals surface area contributed by atoms with Gasteiger partial charge in [-0.2, -0.15) is 0 Å². The molecule has 0 aromatic heterocycles. The fourth-order valence-electron chi connectivity index (χ4n) is 1.83. The highest BCUT2D eigenvalue weighted by molar-refractivity contribution is 7.88. The van der Waals surface area contributed by atoms with Crippen molar-refractivity contribution in [2.24, 2.45) is 4.99 Å². The molecular weight excluding hydrogens is 316 g/mol. The summed E-state index contributed by atoms with van der Waals surface area (Å²) >= 11 is 0. The van der Waals surface area contributed by atoms with Crippen molar-refractivity contribution in [1.82, 2.24) is 15.4 Å². The van der Waals surface area contributed by atoms with Crippen LogP contribution in [0.3, 0.4) is 0 Å². The van der Waals surface area contributed by atoms with Crippen LogP contribution in [0.4, 0.5) is 0 Å². The van der Waals surface area contributed by atoms with E-state index in [9.17, 15) is 8.42 Å². The average Bonchev–Trinajstić information content (AvgIpc) is 2.48. The van der Waals surface area contributed by atoms with Crippen molar-refractivity contribution in [2.45, 2.75) is 20.0 Å². The number of benzene rings is 1. The van der Waals surface area contributed by atoms with Gasteiger partial charge in [0, 0.05) is 20.1 Å². The number of sulfonamides is 1. The van der Waals surface area contributed by atoms with Crippen LogP contribution in [0, 0.1) is 6.92 Å². The number of nitrogens with one attached hydrogen (secondary N) is 3. The van der Waals surface area contributed by atoms with Gasteiger partial charge in [0.1, 0.15) is 11.9 Å². The minimum atomic E-state index is -3.16. The molecule has 0 radical (unpaired) electrons. The fraction of sp³-hybridized carbons (Fsp3) is 0.533. The van der Waals surface area contributed by atoms with E-state index >= 15 is 0 Å². The molecule has 0 aliphatic heterocycles. The Morgan fingerprint density at radius 3 is 2.57 bits per heavy atom. The minimum Gasteiger partial charge on any atom is -0.489 e. The van der Waals surface area contributed by atoms with E-state index < -0.39 is 10.0 Å². The Kier molecular flexibility index (Phi) is 7.84. The van der Waals surface area contributed by atoms with Crippen LogP contribution >= 0.6 is 0 Å². The van der Waals surface area contributed by atoms with Crippen LogP contribution in [0.2, 0.25) is 0 Å². The van der Waals surface area contributed by atoms with Gasteiger partial charge >= 0.3 is 0 Å². The van der Waals surface area contributed by atoms with Crippen LogP contribution in [0.1, 0.15) is 12.5 Å². The normalized spacial score (nSPS) is 13.5. The Bertz CT molecular complexity index is 617. The third-order valence-electron chi connectivity index (χ3n) is 2.98. The first-order valence-electron chi connectivity index (χ1n) is 7.43. The van der Waals surface area contributed by atoms with Crippen LogP contribution < -0.4 is 20.1 Å². The first-order valence-corrected chi connectivity index (χ1v) is 9.32. The zero-order valence-corrected chi connectivity index (χ0v) is 14.9. The molecule has 0 fully saturated rings. The summed E-state index contributed by atoms with van der Waals surface area (Å²) in [5, 5.41) is 6.17. The largest absolute Gasteiger partial charge is 0.489 e. The number of ether oxygens (including phenoxy) is 1. The highest BCUT2D eigenvalue weighted by Crippen LogP contribution is 2.17. The predicted octanol–water partition coefficient (Wildman–Crippen LogP) is 0.477. The van der Waals surface area contributed by atoms with Gasteiger partial charge in [0.2, 0.25) is 10.0 Å². The third kappa shape index (κ3) is 8.41. The van der Waals surface area contributed by atoms with Crippen LogP contribution in [0.15, 0.2) is 29.3 Å². The Balaban J connectivity index is 2.32. The molecule has 0 heterocycles. The van der Waals surface area contributed by atoms with Gasteiger partial charge in [-0.15, -0.1) is 0 Å². The molecule has 1 aromatic carbocycles. The summed E-state index contributed by atoms with van der Waals surface area (Å²) < 4.78 is 30.2. The minimum absolute atomic E-state index is 0.0382. The molecule has 0 amide bonds. The summed E-state index contributed by atoms with van der Waals surface area (Å²) in [7, 11) is -1.50. The number of hydrogen-bond acceptors (Lipinski definition) is 4. The molecule has 0 spiro atoms.